The van der Waals surface area contributed by atoms with Crippen LogP contribution in [-0.4, -0.2) is 23.0 Å². The minimum atomic E-state index is -4.50. The fourth-order valence-electron chi connectivity index (χ4n) is 2.18. The van der Waals surface area contributed by atoms with Crippen LogP contribution < -0.4 is 11.1 Å². The predicted octanol–water partition coefficient (Wildman–Crippen LogP) is 2.85. The van der Waals surface area contributed by atoms with Crippen molar-refractivity contribution in [2.24, 2.45) is 0 Å². The Bertz CT molecular complexity index is 725. The van der Waals surface area contributed by atoms with Gasteiger partial charge in [-0.2, -0.15) is 23.5 Å². The summed E-state index contributed by atoms with van der Waals surface area (Å²) in [5, 5.41) is 16.1. The lowest BCUT2D eigenvalue weighted by Crippen LogP contribution is -2.25. The Morgan fingerprint density at radius 2 is 1.96 bits per heavy atom. The SMILES string of the molecule is CNCc1ccc(-c2nn(C(C)C(F)(F)F)c(N)c2C#N)cc1. The molecule has 5 nitrogen and oxygen atoms in total. The monoisotopic (exact) mass is 323 g/mol. The molecule has 0 saturated heterocycles. The molecule has 122 valence electrons. The van der Waals surface area contributed by atoms with E-state index in [4.69, 9.17) is 5.73 Å². The van der Waals surface area contributed by atoms with Crippen LogP contribution in [0, 0.1) is 11.3 Å². The molecule has 2 rings (SSSR count). The van der Waals surface area contributed by atoms with E-state index in [1.165, 1.54) is 0 Å². The summed E-state index contributed by atoms with van der Waals surface area (Å²) >= 11 is 0. The zero-order chi connectivity index (χ0) is 17.2. The zero-order valence-electron chi connectivity index (χ0n) is 12.6. The molecule has 0 fully saturated rings. The summed E-state index contributed by atoms with van der Waals surface area (Å²) in [6.45, 7) is 1.61. The Kier molecular flexibility index (Phi) is 4.61. The third-order valence-electron chi connectivity index (χ3n) is 3.51. The predicted molar refractivity (Wildman–Crippen MR) is 80.3 cm³/mol. The number of nitrogens with two attached hydrogens (primary N) is 1. The Hall–Kier alpha value is -2.53. The van der Waals surface area contributed by atoms with Crippen LogP contribution in [0.15, 0.2) is 24.3 Å². The zero-order valence-corrected chi connectivity index (χ0v) is 12.6. The smallest absolute Gasteiger partial charge is 0.383 e. The third-order valence-corrected chi connectivity index (χ3v) is 3.51. The van der Waals surface area contributed by atoms with Gasteiger partial charge < -0.3 is 11.1 Å². The first kappa shape index (κ1) is 16.8. The van der Waals surface area contributed by atoms with Crippen molar-refractivity contribution in [1.29, 1.82) is 5.26 Å². The molecule has 2 aromatic rings. The van der Waals surface area contributed by atoms with Gasteiger partial charge in [-0.25, -0.2) is 4.68 Å². The van der Waals surface area contributed by atoms with E-state index in [0.717, 1.165) is 12.5 Å². The quantitative estimate of drug-likeness (QED) is 0.907. The van der Waals surface area contributed by atoms with E-state index in [9.17, 15) is 18.4 Å². The number of hydrogen-bond donors (Lipinski definition) is 2. The Morgan fingerprint density at radius 3 is 2.43 bits per heavy atom. The summed E-state index contributed by atoms with van der Waals surface area (Å²) < 4.78 is 39.3. The van der Waals surface area contributed by atoms with Gasteiger partial charge in [0, 0.05) is 12.1 Å². The maximum Gasteiger partial charge on any atom is 0.410 e. The van der Waals surface area contributed by atoms with E-state index in [-0.39, 0.29) is 17.1 Å². The fourth-order valence-corrected chi connectivity index (χ4v) is 2.18. The van der Waals surface area contributed by atoms with Gasteiger partial charge in [-0.05, 0) is 19.5 Å². The fraction of sp³-hybridized carbons (Fsp3) is 0.333. The number of benzene rings is 1. The third kappa shape index (κ3) is 3.29. The highest BCUT2D eigenvalue weighted by Crippen LogP contribution is 2.35. The second-order valence-electron chi connectivity index (χ2n) is 5.11. The van der Waals surface area contributed by atoms with Crippen LogP contribution in [0.1, 0.15) is 24.1 Å². The first-order valence-corrected chi connectivity index (χ1v) is 6.88. The maximum absolute atomic E-state index is 12.9. The lowest BCUT2D eigenvalue weighted by atomic mass is 10.1. The Morgan fingerprint density at radius 1 is 1.35 bits per heavy atom. The van der Waals surface area contributed by atoms with Gasteiger partial charge in [-0.1, -0.05) is 24.3 Å². The molecule has 0 aliphatic heterocycles. The van der Waals surface area contributed by atoms with Crippen LogP contribution in [0.25, 0.3) is 11.3 Å². The van der Waals surface area contributed by atoms with Crippen LogP contribution in [0.5, 0.6) is 0 Å². The maximum atomic E-state index is 12.9. The molecule has 1 unspecified atom stereocenters. The van der Waals surface area contributed by atoms with Gasteiger partial charge in [-0.15, -0.1) is 0 Å². The second-order valence-corrected chi connectivity index (χ2v) is 5.11. The molecular weight excluding hydrogens is 307 g/mol. The lowest BCUT2D eigenvalue weighted by molar-refractivity contribution is -0.164. The van der Waals surface area contributed by atoms with Gasteiger partial charge in [-0.3, -0.25) is 0 Å². The highest BCUT2D eigenvalue weighted by Gasteiger charge is 2.40. The number of nitrogens with one attached hydrogen (secondary N) is 1. The number of anilines is 1. The van der Waals surface area contributed by atoms with E-state index in [1.54, 1.807) is 12.1 Å². The Labute approximate surface area is 131 Å². The highest BCUT2D eigenvalue weighted by atomic mass is 19.4. The summed E-state index contributed by atoms with van der Waals surface area (Å²) in [7, 11) is 1.81. The van der Waals surface area contributed by atoms with E-state index in [2.05, 4.69) is 10.4 Å². The molecule has 0 aliphatic carbocycles. The van der Waals surface area contributed by atoms with Crippen molar-refractivity contribution >= 4 is 5.82 Å². The van der Waals surface area contributed by atoms with Gasteiger partial charge in [0.05, 0.1) is 0 Å². The second kappa shape index (κ2) is 6.30. The molecule has 1 aromatic heterocycles. The summed E-state index contributed by atoms with van der Waals surface area (Å²) in [4.78, 5) is 0. The molecule has 23 heavy (non-hydrogen) atoms. The van der Waals surface area contributed by atoms with E-state index in [1.807, 2.05) is 25.2 Å². The van der Waals surface area contributed by atoms with Gasteiger partial charge in [0.1, 0.15) is 29.2 Å². The minimum absolute atomic E-state index is 0.0533. The number of alkyl halides is 3. The number of nitrogens with zero attached hydrogens (tertiary/aromatic N) is 3. The van der Waals surface area contributed by atoms with Crippen LogP contribution >= 0.6 is 0 Å². The van der Waals surface area contributed by atoms with Gasteiger partial charge >= 0.3 is 6.18 Å². The van der Waals surface area contributed by atoms with Crippen molar-refractivity contribution < 1.29 is 13.2 Å². The molecule has 0 bridgehead atoms. The average Bonchev–Trinajstić information content (AvgIpc) is 2.83. The molecule has 0 saturated carbocycles. The van der Waals surface area contributed by atoms with E-state index in [0.29, 0.717) is 16.8 Å². The number of nitrogen functional groups attached to an aromatic ring is 1. The lowest BCUT2D eigenvalue weighted by Gasteiger charge is -2.17. The van der Waals surface area contributed by atoms with Crippen molar-refractivity contribution in [3.8, 4) is 17.3 Å². The molecule has 0 spiro atoms. The topological polar surface area (TPSA) is 79.7 Å². The largest absolute Gasteiger partial charge is 0.410 e. The number of halogens is 3. The molecule has 8 heteroatoms. The van der Waals surface area contributed by atoms with Crippen LogP contribution in [-0.2, 0) is 6.54 Å². The number of rotatable bonds is 4. The van der Waals surface area contributed by atoms with Gasteiger partial charge in [0.15, 0.2) is 0 Å². The molecule has 1 aromatic carbocycles. The summed E-state index contributed by atoms with van der Waals surface area (Å²) in [6.07, 6.45) is -4.50. The molecule has 0 amide bonds. The standard InChI is InChI=1S/C15H16F3N5/c1-9(15(16,17)18)23-14(20)12(7-19)13(22-23)11-5-3-10(4-6-11)8-21-2/h3-6,9,21H,8,20H2,1-2H3. The first-order valence-electron chi connectivity index (χ1n) is 6.88. The van der Waals surface area contributed by atoms with Crippen molar-refractivity contribution in [3.63, 3.8) is 0 Å². The van der Waals surface area contributed by atoms with Crippen molar-refractivity contribution in [2.75, 3.05) is 12.8 Å². The summed E-state index contributed by atoms with van der Waals surface area (Å²) in [5.41, 5.74) is 7.34. The number of aromatic nitrogens is 2. The van der Waals surface area contributed by atoms with Crippen LogP contribution in [0.4, 0.5) is 19.0 Å². The van der Waals surface area contributed by atoms with Crippen molar-refractivity contribution in [2.45, 2.75) is 25.7 Å². The normalized spacial score (nSPS) is 12.9. The molecule has 0 aliphatic rings. The minimum Gasteiger partial charge on any atom is -0.383 e. The van der Waals surface area contributed by atoms with E-state index >= 15 is 0 Å². The average molecular weight is 323 g/mol. The number of nitriles is 1. The molecule has 1 atom stereocenters. The first-order chi connectivity index (χ1) is 10.8. The van der Waals surface area contributed by atoms with Crippen molar-refractivity contribution in [3.05, 3.63) is 35.4 Å². The molecular formula is C15H16F3N5. The van der Waals surface area contributed by atoms with Crippen LogP contribution in [0.2, 0.25) is 0 Å². The molecule has 3 N–H and O–H groups in total. The summed E-state index contributed by atoms with van der Waals surface area (Å²) in [5.74, 6) is -0.286. The van der Waals surface area contributed by atoms with Crippen LogP contribution in [0.3, 0.4) is 0 Å². The Balaban J connectivity index is 2.49. The van der Waals surface area contributed by atoms with Gasteiger partial charge in [0.25, 0.3) is 0 Å². The van der Waals surface area contributed by atoms with Gasteiger partial charge in [0.2, 0.25) is 0 Å². The molecule has 1 heterocycles. The molecule has 0 radical (unpaired) electrons. The number of hydrogen-bond acceptors (Lipinski definition) is 4. The van der Waals surface area contributed by atoms with Crippen molar-refractivity contribution in [1.82, 2.24) is 15.1 Å². The van der Waals surface area contributed by atoms with E-state index < -0.39 is 12.2 Å². The highest BCUT2D eigenvalue weighted by molar-refractivity contribution is 5.72. The summed E-state index contributed by atoms with van der Waals surface area (Å²) in [6, 6.07) is 6.97.